The summed E-state index contributed by atoms with van der Waals surface area (Å²) in [5, 5.41) is 18.3. The third-order valence-corrected chi connectivity index (χ3v) is 2.09. The first-order valence-electron chi connectivity index (χ1n) is 4.33. The van der Waals surface area contributed by atoms with Crippen LogP contribution in [0.2, 0.25) is 0 Å². The highest BCUT2D eigenvalue weighted by molar-refractivity contribution is 5.09. The average Bonchev–Trinajstić information content (AvgIpc) is 2.48. The highest BCUT2D eigenvalue weighted by atomic mass is 16.5. The van der Waals surface area contributed by atoms with Crippen LogP contribution in [-0.4, -0.2) is 35.1 Å². The van der Waals surface area contributed by atoms with E-state index in [9.17, 15) is 5.11 Å². The molecular formula is C10H14O3. The molecule has 13 heavy (non-hydrogen) atoms. The van der Waals surface area contributed by atoms with Gasteiger partial charge in [-0.05, 0) is 12.5 Å². The molecule has 0 aromatic heterocycles. The number of aliphatic hydroxyl groups excluding tert-OH is 2. The summed E-state index contributed by atoms with van der Waals surface area (Å²) in [4.78, 5) is 0. The summed E-state index contributed by atoms with van der Waals surface area (Å²) in [5.74, 6) is 2.36. The SMILES string of the molecule is C#C/C=C/C[C@@H]1O[C@H](CO)C[C@@H]1O. The lowest BCUT2D eigenvalue weighted by Crippen LogP contribution is -2.19. The Morgan fingerprint density at radius 3 is 2.92 bits per heavy atom. The van der Waals surface area contributed by atoms with Crippen LogP contribution in [0.1, 0.15) is 12.8 Å². The maximum absolute atomic E-state index is 9.47. The van der Waals surface area contributed by atoms with Crippen molar-refractivity contribution in [3.63, 3.8) is 0 Å². The van der Waals surface area contributed by atoms with Crippen molar-refractivity contribution in [2.24, 2.45) is 0 Å². The van der Waals surface area contributed by atoms with Crippen molar-refractivity contribution < 1.29 is 14.9 Å². The Balaban J connectivity index is 2.35. The molecule has 0 aromatic rings. The van der Waals surface area contributed by atoms with Crippen LogP contribution in [0.15, 0.2) is 12.2 Å². The molecule has 1 aliphatic heterocycles. The summed E-state index contributed by atoms with van der Waals surface area (Å²) >= 11 is 0. The maximum Gasteiger partial charge on any atom is 0.0874 e. The molecule has 3 nitrogen and oxygen atoms in total. The van der Waals surface area contributed by atoms with Crippen molar-refractivity contribution >= 4 is 0 Å². The van der Waals surface area contributed by atoms with Gasteiger partial charge in [0.2, 0.25) is 0 Å². The van der Waals surface area contributed by atoms with Gasteiger partial charge in [-0.2, -0.15) is 0 Å². The molecule has 0 radical (unpaired) electrons. The number of rotatable bonds is 3. The van der Waals surface area contributed by atoms with Crippen molar-refractivity contribution in [2.45, 2.75) is 31.2 Å². The van der Waals surface area contributed by atoms with Crippen molar-refractivity contribution in [1.82, 2.24) is 0 Å². The Bertz CT molecular complexity index is 217. The van der Waals surface area contributed by atoms with E-state index in [1.165, 1.54) is 0 Å². The first-order valence-corrected chi connectivity index (χ1v) is 4.33. The van der Waals surface area contributed by atoms with Crippen LogP contribution in [0.4, 0.5) is 0 Å². The van der Waals surface area contributed by atoms with E-state index in [1.807, 2.05) is 0 Å². The van der Waals surface area contributed by atoms with Gasteiger partial charge >= 0.3 is 0 Å². The zero-order valence-corrected chi connectivity index (χ0v) is 7.39. The van der Waals surface area contributed by atoms with Gasteiger partial charge in [-0.1, -0.05) is 12.0 Å². The summed E-state index contributed by atoms with van der Waals surface area (Å²) in [7, 11) is 0. The van der Waals surface area contributed by atoms with E-state index in [0.717, 1.165) is 0 Å². The molecule has 0 amide bonds. The van der Waals surface area contributed by atoms with Gasteiger partial charge in [0.1, 0.15) is 0 Å². The number of allylic oxidation sites excluding steroid dienone is 1. The lowest BCUT2D eigenvalue weighted by molar-refractivity contribution is -0.00744. The minimum absolute atomic E-state index is 0.0353. The van der Waals surface area contributed by atoms with E-state index < -0.39 is 6.10 Å². The fourth-order valence-corrected chi connectivity index (χ4v) is 1.41. The quantitative estimate of drug-likeness (QED) is 0.607. The van der Waals surface area contributed by atoms with Crippen LogP contribution in [-0.2, 0) is 4.74 Å². The third-order valence-electron chi connectivity index (χ3n) is 2.09. The van der Waals surface area contributed by atoms with Gasteiger partial charge in [0.15, 0.2) is 0 Å². The summed E-state index contributed by atoms with van der Waals surface area (Å²) in [5.41, 5.74) is 0. The molecule has 1 heterocycles. The van der Waals surface area contributed by atoms with E-state index >= 15 is 0 Å². The molecular weight excluding hydrogens is 168 g/mol. The van der Waals surface area contributed by atoms with E-state index in [2.05, 4.69) is 5.92 Å². The van der Waals surface area contributed by atoms with Gasteiger partial charge in [-0.25, -0.2) is 0 Å². The normalized spacial score (nSPS) is 33.8. The predicted octanol–water partition coefficient (Wildman–Crippen LogP) is 0.0766. The van der Waals surface area contributed by atoms with Gasteiger partial charge in [0.25, 0.3) is 0 Å². The number of aliphatic hydroxyl groups is 2. The Hall–Kier alpha value is -0.820. The average molecular weight is 182 g/mol. The second-order valence-electron chi connectivity index (χ2n) is 3.09. The number of hydrogen-bond donors (Lipinski definition) is 2. The summed E-state index contributed by atoms with van der Waals surface area (Å²) in [6.07, 6.45) is 8.57. The standard InChI is InChI=1S/C10H14O3/c1-2-3-4-5-10-9(12)6-8(7-11)13-10/h1,3-4,8-12H,5-7H2/b4-3+/t8-,9-,10-/m0/s1. The highest BCUT2D eigenvalue weighted by Gasteiger charge is 2.32. The van der Waals surface area contributed by atoms with E-state index in [1.54, 1.807) is 12.2 Å². The van der Waals surface area contributed by atoms with E-state index in [0.29, 0.717) is 12.8 Å². The Labute approximate surface area is 78.0 Å². The largest absolute Gasteiger partial charge is 0.394 e. The molecule has 0 bridgehead atoms. The molecule has 2 N–H and O–H groups in total. The topological polar surface area (TPSA) is 49.7 Å². The number of terminal acetylenes is 1. The van der Waals surface area contributed by atoms with Crippen molar-refractivity contribution in [3.05, 3.63) is 12.2 Å². The summed E-state index contributed by atoms with van der Waals surface area (Å²) in [6.45, 7) is -0.0353. The Morgan fingerprint density at radius 1 is 1.62 bits per heavy atom. The van der Waals surface area contributed by atoms with Gasteiger partial charge in [0, 0.05) is 6.42 Å². The number of hydrogen-bond acceptors (Lipinski definition) is 3. The van der Waals surface area contributed by atoms with Crippen LogP contribution in [0.25, 0.3) is 0 Å². The fraction of sp³-hybridized carbons (Fsp3) is 0.600. The van der Waals surface area contributed by atoms with E-state index in [-0.39, 0.29) is 18.8 Å². The first-order chi connectivity index (χ1) is 6.27. The molecule has 1 saturated heterocycles. The lowest BCUT2D eigenvalue weighted by atomic mass is 10.1. The summed E-state index contributed by atoms with van der Waals surface area (Å²) < 4.78 is 5.35. The second kappa shape index (κ2) is 5.03. The van der Waals surface area contributed by atoms with Gasteiger partial charge in [-0.3, -0.25) is 0 Å². The minimum atomic E-state index is -0.487. The van der Waals surface area contributed by atoms with E-state index in [4.69, 9.17) is 16.3 Å². The molecule has 0 spiro atoms. The number of ether oxygens (including phenoxy) is 1. The van der Waals surface area contributed by atoms with Crippen molar-refractivity contribution in [2.75, 3.05) is 6.61 Å². The van der Waals surface area contributed by atoms with Crippen molar-refractivity contribution in [3.8, 4) is 12.3 Å². The van der Waals surface area contributed by atoms with Crippen LogP contribution in [0.3, 0.4) is 0 Å². The smallest absolute Gasteiger partial charge is 0.0874 e. The molecule has 0 saturated carbocycles. The molecule has 1 aliphatic rings. The molecule has 1 fully saturated rings. The minimum Gasteiger partial charge on any atom is -0.394 e. The van der Waals surface area contributed by atoms with Gasteiger partial charge in [-0.15, -0.1) is 6.42 Å². The predicted molar refractivity (Wildman–Crippen MR) is 49.0 cm³/mol. The second-order valence-corrected chi connectivity index (χ2v) is 3.09. The molecule has 72 valence electrons. The Kier molecular flexibility index (Phi) is 3.97. The fourth-order valence-electron chi connectivity index (χ4n) is 1.41. The van der Waals surface area contributed by atoms with Crippen LogP contribution in [0, 0.1) is 12.3 Å². The van der Waals surface area contributed by atoms with Crippen LogP contribution in [0.5, 0.6) is 0 Å². The molecule has 0 aromatic carbocycles. The van der Waals surface area contributed by atoms with Crippen molar-refractivity contribution in [1.29, 1.82) is 0 Å². The van der Waals surface area contributed by atoms with Gasteiger partial charge in [0.05, 0.1) is 24.9 Å². The van der Waals surface area contributed by atoms with Crippen LogP contribution >= 0.6 is 0 Å². The molecule has 3 atom stereocenters. The lowest BCUT2D eigenvalue weighted by Gasteiger charge is -2.11. The summed E-state index contributed by atoms with van der Waals surface area (Å²) in [6, 6.07) is 0. The van der Waals surface area contributed by atoms with Gasteiger partial charge < -0.3 is 14.9 Å². The first kappa shape index (κ1) is 10.3. The third kappa shape index (κ3) is 2.85. The Morgan fingerprint density at radius 2 is 2.38 bits per heavy atom. The maximum atomic E-state index is 9.47. The zero-order valence-electron chi connectivity index (χ0n) is 7.39. The molecule has 0 aliphatic carbocycles. The monoisotopic (exact) mass is 182 g/mol. The highest BCUT2D eigenvalue weighted by Crippen LogP contribution is 2.22. The molecule has 0 unspecified atom stereocenters. The molecule has 3 heteroatoms. The van der Waals surface area contributed by atoms with Crippen LogP contribution < -0.4 is 0 Å². The zero-order chi connectivity index (χ0) is 9.68. The molecule has 1 rings (SSSR count).